The van der Waals surface area contributed by atoms with E-state index in [4.69, 9.17) is 11.6 Å². The third kappa shape index (κ3) is 2.53. The number of hydrogen-bond acceptors (Lipinski definition) is 3. The summed E-state index contributed by atoms with van der Waals surface area (Å²) in [5.74, 6) is 0. The Balaban J connectivity index is 2.56. The van der Waals surface area contributed by atoms with Crippen LogP contribution in [-0.2, 0) is 6.54 Å². The Hall–Kier alpha value is -1.33. The molecule has 5 nitrogen and oxygen atoms in total. The van der Waals surface area contributed by atoms with Crippen molar-refractivity contribution < 1.29 is 5.11 Å². The third-order valence-corrected chi connectivity index (χ3v) is 3.30. The molecule has 0 aliphatic rings. The van der Waals surface area contributed by atoms with Crippen LogP contribution in [-0.4, -0.2) is 24.7 Å². The van der Waals surface area contributed by atoms with E-state index in [-0.39, 0.29) is 6.04 Å². The Morgan fingerprint density at radius 3 is 2.53 bits per heavy atom. The summed E-state index contributed by atoms with van der Waals surface area (Å²) in [4.78, 5) is 0. The van der Waals surface area contributed by atoms with Gasteiger partial charge in [0.15, 0.2) is 0 Å². The van der Waals surface area contributed by atoms with Gasteiger partial charge in [-0.1, -0.05) is 11.6 Å². The zero-order chi connectivity index (χ0) is 14.2. The summed E-state index contributed by atoms with van der Waals surface area (Å²) in [6.45, 7) is 8.50. The zero-order valence-electron chi connectivity index (χ0n) is 11.6. The van der Waals surface area contributed by atoms with Gasteiger partial charge in [-0.25, -0.2) is 0 Å². The molecule has 2 rings (SSSR count). The number of hydrogen-bond donors (Lipinski definition) is 1. The van der Waals surface area contributed by atoms with Crippen LogP contribution in [0.5, 0.6) is 0 Å². The molecular formula is C13H19ClN4O. The number of rotatable bonds is 4. The Bertz CT molecular complexity index is 571. The van der Waals surface area contributed by atoms with Gasteiger partial charge >= 0.3 is 0 Å². The summed E-state index contributed by atoms with van der Waals surface area (Å²) in [5.41, 5.74) is 2.32. The number of aliphatic hydroxyl groups is 1. The van der Waals surface area contributed by atoms with E-state index >= 15 is 0 Å². The predicted octanol–water partition coefficient (Wildman–Crippen LogP) is 3.05. The maximum atomic E-state index is 9.78. The standard InChI is InChI=1S/C13H19ClN4O/c1-5-17-12(9(4)19)6-11(16-17)13-10(14)7-15-18(13)8(2)3/h6-9,19H,5H2,1-4H3. The number of aryl methyl sites for hydroxylation is 1. The highest BCUT2D eigenvalue weighted by Crippen LogP contribution is 2.30. The van der Waals surface area contributed by atoms with E-state index in [1.165, 1.54) is 0 Å². The van der Waals surface area contributed by atoms with Gasteiger partial charge in [-0.05, 0) is 33.8 Å². The summed E-state index contributed by atoms with van der Waals surface area (Å²) in [6.07, 6.45) is 1.07. The van der Waals surface area contributed by atoms with Crippen molar-refractivity contribution in [2.75, 3.05) is 0 Å². The largest absolute Gasteiger partial charge is 0.387 e. The second-order valence-corrected chi connectivity index (χ2v) is 5.23. The summed E-state index contributed by atoms with van der Waals surface area (Å²) < 4.78 is 3.63. The fourth-order valence-electron chi connectivity index (χ4n) is 2.11. The van der Waals surface area contributed by atoms with Gasteiger partial charge in [-0.15, -0.1) is 0 Å². The van der Waals surface area contributed by atoms with Crippen LogP contribution in [0.15, 0.2) is 12.3 Å². The van der Waals surface area contributed by atoms with Crippen molar-refractivity contribution in [3.8, 4) is 11.4 Å². The SMILES string of the molecule is CCn1nc(-c2c(Cl)cnn2C(C)C)cc1C(C)O. The quantitative estimate of drug-likeness (QED) is 0.938. The van der Waals surface area contributed by atoms with E-state index in [2.05, 4.69) is 10.2 Å². The molecule has 0 aliphatic carbocycles. The zero-order valence-corrected chi connectivity index (χ0v) is 12.4. The number of aliphatic hydroxyl groups excluding tert-OH is 1. The monoisotopic (exact) mass is 282 g/mol. The van der Waals surface area contributed by atoms with Crippen molar-refractivity contribution in [3.05, 3.63) is 23.0 Å². The molecule has 0 fully saturated rings. The van der Waals surface area contributed by atoms with Crippen molar-refractivity contribution in [1.82, 2.24) is 19.6 Å². The molecule has 1 atom stereocenters. The molecule has 1 unspecified atom stereocenters. The van der Waals surface area contributed by atoms with Crippen LogP contribution in [0.4, 0.5) is 0 Å². The molecule has 2 heterocycles. The molecule has 0 saturated carbocycles. The molecule has 2 aromatic heterocycles. The van der Waals surface area contributed by atoms with Gasteiger partial charge in [0.1, 0.15) is 11.4 Å². The average Bonchev–Trinajstić information content (AvgIpc) is 2.91. The first-order valence-electron chi connectivity index (χ1n) is 6.44. The van der Waals surface area contributed by atoms with Crippen LogP contribution < -0.4 is 0 Å². The minimum Gasteiger partial charge on any atom is -0.387 e. The van der Waals surface area contributed by atoms with Crippen LogP contribution >= 0.6 is 11.6 Å². The van der Waals surface area contributed by atoms with Gasteiger partial charge in [-0.3, -0.25) is 9.36 Å². The lowest BCUT2D eigenvalue weighted by Gasteiger charge is -2.09. The van der Waals surface area contributed by atoms with Crippen LogP contribution in [0.2, 0.25) is 5.02 Å². The minimum atomic E-state index is -0.560. The van der Waals surface area contributed by atoms with Gasteiger partial charge in [0, 0.05) is 12.6 Å². The molecule has 2 aromatic rings. The molecule has 0 amide bonds. The van der Waals surface area contributed by atoms with Crippen LogP contribution in [0.3, 0.4) is 0 Å². The lowest BCUT2D eigenvalue weighted by Crippen LogP contribution is -2.06. The van der Waals surface area contributed by atoms with Gasteiger partial charge in [-0.2, -0.15) is 10.2 Å². The molecular weight excluding hydrogens is 264 g/mol. The summed E-state index contributed by atoms with van der Waals surface area (Å²) in [7, 11) is 0. The van der Waals surface area contributed by atoms with E-state index in [9.17, 15) is 5.11 Å². The maximum absolute atomic E-state index is 9.78. The van der Waals surface area contributed by atoms with Crippen LogP contribution in [0.25, 0.3) is 11.4 Å². The fourth-order valence-corrected chi connectivity index (χ4v) is 2.34. The smallest absolute Gasteiger partial charge is 0.112 e. The molecule has 0 radical (unpaired) electrons. The fraction of sp³-hybridized carbons (Fsp3) is 0.538. The lowest BCUT2D eigenvalue weighted by atomic mass is 10.2. The molecule has 1 N–H and O–H groups in total. The van der Waals surface area contributed by atoms with Gasteiger partial charge < -0.3 is 5.11 Å². The average molecular weight is 283 g/mol. The summed E-state index contributed by atoms with van der Waals surface area (Å²) >= 11 is 6.21. The number of nitrogens with zero attached hydrogens (tertiary/aromatic N) is 4. The lowest BCUT2D eigenvalue weighted by molar-refractivity contribution is 0.187. The highest BCUT2D eigenvalue weighted by Gasteiger charge is 2.19. The molecule has 0 spiro atoms. The third-order valence-electron chi connectivity index (χ3n) is 3.02. The minimum absolute atomic E-state index is 0.198. The van der Waals surface area contributed by atoms with E-state index in [1.807, 2.05) is 31.5 Å². The Morgan fingerprint density at radius 2 is 2.05 bits per heavy atom. The molecule has 0 aliphatic heterocycles. The highest BCUT2D eigenvalue weighted by atomic mass is 35.5. The predicted molar refractivity (Wildman–Crippen MR) is 75.2 cm³/mol. The molecule has 0 bridgehead atoms. The molecule has 19 heavy (non-hydrogen) atoms. The van der Waals surface area contributed by atoms with E-state index < -0.39 is 6.10 Å². The van der Waals surface area contributed by atoms with E-state index in [0.717, 1.165) is 17.1 Å². The van der Waals surface area contributed by atoms with Crippen molar-refractivity contribution in [1.29, 1.82) is 0 Å². The summed E-state index contributed by atoms with van der Waals surface area (Å²) in [6, 6.07) is 2.07. The molecule has 6 heteroatoms. The second kappa shape index (κ2) is 5.35. The first-order chi connectivity index (χ1) is 8.95. The number of halogens is 1. The van der Waals surface area contributed by atoms with Gasteiger partial charge in [0.05, 0.1) is 23.0 Å². The summed E-state index contributed by atoms with van der Waals surface area (Å²) in [5, 5.41) is 19.1. The van der Waals surface area contributed by atoms with Crippen LogP contribution in [0.1, 0.15) is 45.5 Å². The highest BCUT2D eigenvalue weighted by molar-refractivity contribution is 6.32. The van der Waals surface area contributed by atoms with Crippen molar-refractivity contribution >= 4 is 11.6 Å². The van der Waals surface area contributed by atoms with Crippen molar-refractivity contribution in [3.63, 3.8) is 0 Å². The van der Waals surface area contributed by atoms with E-state index in [1.54, 1.807) is 17.8 Å². The van der Waals surface area contributed by atoms with Gasteiger partial charge in [0.25, 0.3) is 0 Å². The molecule has 0 aromatic carbocycles. The molecule has 0 saturated heterocycles. The first-order valence-corrected chi connectivity index (χ1v) is 6.82. The van der Waals surface area contributed by atoms with E-state index in [0.29, 0.717) is 11.6 Å². The topological polar surface area (TPSA) is 55.9 Å². The normalized spacial score (nSPS) is 13.2. The number of aromatic nitrogens is 4. The molecule has 104 valence electrons. The maximum Gasteiger partial charge on any atom is 0.112 e. The van der Waals surface area contributed by atoms with Crippen molar-refractivity contribution in [2.24, 2.45) is 0 Å². The first kappa shape index (κ1) is 14.1. The second-order valence-electron chi connectivity index (χ2n) is 4.83. The Labute approximate surface area is 117 Å². The van der Waals surface area contributed by atoms with Gasteiger partial charge in [0.2, 0.25) is 0 Å². The Morgan fingerprint density at radius 1 is 1.37 bits per heavy atom. The Kier molecular flexibility index (Phi) is 3.96. The van der Waals surface area contributed by atoms with Crippen molar-refractivity contribution in [2.45, 2.75) is 46.4 Å². The van der Waals surface area contributed by atoms with Crippen LogP contribution in [0, 0.1) is 0 Å².